The fourth-order valence-corrected chi connectivity index (χ4v) is 1.99. The van der Waals surface area contributed by atoms with Crippen molar-refractivity contribution < 1.29 is 9.90 Å². The number of aromatic nitrogens is 2. The molecule has 4 nitrogen and oxygen atoms in total. The maximum absolute atomic E-state index is 10.4. The van der Waals surface area contributed by atoms with Gasteiger partial charge in [0.2, 0.25) is 0 Å². The van der Waals surface area contributed by atoms with E-state index in [0.29, 0.717) is 15.7 Å². The van der Waals surface area contributed by atoms with Gasteiger partial charge < -0.3 is 10.1 Å². The van der Waals surface area contributed by atoms with E-state index in [1.807, 2.05) is 12.1 Å². The van der Waals surface area contributed by atoms with Gasteiger partial charge in [0.25, 0.3) is 0 Å². The van der Waals surface area contributed by atoms with Crippen LogP contribution in [-0.4, -0.2) is 26.8 Å². The molecule has 1 heterocycles. The predicted octanol–water partition coefficient (Wildman–Crippen LogP) is 2.39. The Kier molecular flexibility index (Phi) is 2.83. The number of aromatic amines is 1. The number of hydrogen-bond acceptors (Lipinski definition) is 3. The van der Waals surface area contributed by atoms with Gasteiger partial charge >= 0.3 is 5.97 Å². The van der Waals surface area contributed by atoms with E-state index in [2.05, 4.69) is 9.97 Å². The summed E-state index contributed by atoms with van der Waals surface area (Å²) in [4.78, 5) is 17.6. The number of carbonyl (C=O) groups is 1. The van der Waals surface area contributed by atoms with Crippen LogP contribution in [0.5, 0.6) is 0 Å². The number of fused-ring (bicyclic) bond motifs is 1. The van der Waals surface area contributed by atoms with Crippen molar-refractivity contribution in [3.05, 3.63) is 23.2 Å². The second kappa shape index (κ2) is 4.12. The standard InChI is InChI=1S/C9H7ClN2O2S/c10-5-2-1-3-6-8(5)12-9(11-6)15-4-7(13)14/h1-3H,4H2,(H,11,12)(H,13,14). The molecule has 2 rings (SSSR count). The van der Waals surface area contributed by atoms with E-state index in [4.69, 9.17) is 16.7 Å². The second-order valence-electron chi connectivity index (χ2n) is 2.86. The molecule has 2 aromatic rings. The van der Waals surface area contributed by atoms with Gasteiger partial charge in [0.05, 0.1) is 16.3 Å². The van der Waals surface area contributed by atoms with Crippen molar-refractivity contribution in [3.8, 4) is 0 Å². The van der Waals surface area contributed by atoms with E-state index in [-0.39, 0.29) is 5.75 Å². The van der Waals surface area contributed by atoms with Crippen molar-refractivity contribution in [2.75, 3.05) is 5.75 Å². The highest BCUT2D eigenvalue weighted by Crippen LogP contribution is 2.24. The molecule has 0 aliphatic carbocycles. The lowest BCUT2D eigenvalue weighted by atomic mass is 10.3. The van der Waals surface area contributed by atoms with Gasteiger partial charge in [-0.25, -0.2) is 4.98 Å². The van der Waals surface area contributed by atoms with Crippen molar-refractivity contribution in [1.82, 2.24) is 9.97 Å². The molecule has 0 spiro atoms. The van der Waals surface area contributed by atoms with Crippen LogP contribution in [0.4, 0.5) is 0 Å². The van der Waals surface area contributed by atoms with Gasteiger partial charge in [0, 0.05) is 0 Å². The van der Waals surface area contributed by atoms with Gasteiger partial charge in [0.1, 0.15) is 5.52 Å². The molecule has 0 saturated heterocycles. The highest BCUT2D eigenvalue weighted by Gasteiger charge is 2.07. The average Bonchev–Trinajstić information content (AvgIpc) is 2.59. The average molecular weight is 243 g/mol. The van der Waals surface area contributed by atoms with Crippen LogP contribution >= 0.6 is 23.4 Å². The van der Waals surface area contributed by atoms with E-state index in [9.17, 15) is 4.79 Å². The third kappa shape index (κ3) is 2.24. The quantitative estimate of drug-likeness (QED) is 0.811. The highest BCUT2D eigenvalue weighted by molar-refractivity contribution is 7.99. The van der Waals surface area contributed by atoms with Crippen LogP contribution in [0.15, 0.2) is 23.4 Å². The Labute approximate surface area is 94.7 Å². The smallest absolute Gasteiger partial charge is 0.313 e. The zero-order chi connectivity index (χ0) is 10.8. The Hall–Kier alpha value is -1.20. The fraction of sp³-hybridized carbons (Fsp3) is 0.111. The van der Waals surface area contributed by atoms with E-state index in [0.717, 1.165) is 17.3 Å². The first-order chi connectivity index (χ1) is 7.16. The number of rotatable bonds is 3. The van der Waals surface area contributed by atoms with Crippen molar-refractivity contribution in [1.29, 1.82) is 0 Å². The van der Waals surface area contributed by atoms with Crippen LogP contribution in [-0.2, 0) is 4.79 Å². The van der Waals surface area contributed by atoms with Gasteiger partial charge in [-0.3, -0.25) is 4.79 Å². The number of para-hydroxylation sites is 1. The minimum atomic E-state index is -0.869. The molecule has 1 aromatic heterocycles. The number of H-pyrrole nitrogens is 1. The zero-order valence-corrected chi connectivity index (χ0v) is 9.10. The van der Waals surface area contributed by atoms with Crippen LogP contribution in [0, 0.1) is 0 Å². The normalized spacial score (nSPS) is 10.7. The van der Waals surface area contributed by atoms with Crippen LogP contribution in [0.3, 0.4) is 0 Å². The van der Waals surface area contributed by atoms with E-state index in [1.165, 1.54) is 0 Å². The largest absolute Gasteiger partial charge is 0.481 e. The molecule has 0 aliphatic rings. The lowest BCUT2D eigenvalue weighted by Gasteiger charge is -1.89. The topological polar surface area (TPSA) is 66.0 Å². The van der Waals surface area contributed by atoms with Gasteiger partial charge in [-0.05, 0) is 12.1 Å². The van der Waals surface area contributed by atoms with E-state index < -0.39 is 5.97 Å². The maximum atomic E-state index is 10.4. The Morgan fingerprint density at radius 2 is 2.40 bits per heavy atom. The molecule has 0 atom stereocenters. The SMILES string of the molecule is O=C(O)CSc1nc2c(Cl)cccc2[nH]1. The Morgan fingerprint density at radius 3 is 3.07 bits per heavy atom. The summed E-state index contributed by atoms with van der Waals surface area (Å²) in [5, 5.41) is 9.65. The minimum absolute atomic E-state index is 0.0164. The van der Waals surface area contributed by atoms with Crippen LogP contribution < -0.4 is 0 Å². The first kappa shape index (κ1) is 10.3. The molecule has 15 heavy (non-hydrogen) atoms. The summed E-state index contributed by atoms with van der Waals surface area (Å²) in [5.74, 6) is -0.885. The van der Waals surface area contributed by atoms with Gasteiger partial charge in [0.15, 0.2) is 5.16 Å². The molecular formula is C9H7ClN2O2S. The van der Waals surface area contributed by atoms with E-state index >= 15 is 0 Å². The summed E-state index contributed by atoms with van der Waals surface area (Å²) in [5.41, 5.74) is 1.49. The Bertz CT molecular complexity index is 512. The number of halogens is 1. The first-order valence-corrected chi connectivity index (χ1v) is 5.52. The van der Waals surface area contributed by atoms with Crippen molar-refractivity contribution >= 4 is 40.4 Å². The number of nitrogens with zero attached hydrogens (tertiary/aromatic N) is 1. The molecule has 0 saturated carbocycles. The number of benzene rings is 1. The lowest BCUT2D eigenvalue weighted by Crippen LogP contribution is -1.97. The first-order valence-electron chi connectivity index (χ1n) is 4.15. The third-order valence-corrected chi connectivity index (χ3v) is 2.94. The summed E-state index contributed by atoms with van der Waals surface area (Å²) in [6.45, 7) is 0. The van der Waals surface area contributed by atoms with Crippen molar-refractivity contribution in [3.63, 3.8) is 0 Å². The number of thioether (sulfide) groups is 1. The van der Waals surface area contributed by atoms with Gasteiger partial charge in [-0.15, -0.1) is 0 Å². The molecule has 0 aliphatic heterocycles. The number of carboxylic acids is 1. The Morgan fingerprint density at radius 1 is 1.60 bits per heavy atom. The summed E-state index contributed by atoms with van der Waals surface area (Å²) >= 11 is 7.06. The van der Waals surface area contributed by atoms with Crippen LogP contribution in [0.25, 0.3) is 11.0 Å². The Balaban J connectivity index is 2.31. The molecule has 78 valence electrons. The summed E-state index contributed by atoms with van der Waals surface area (Å²) in [6.07, 6.45) is 0. The molecular weight excluding hydrogens is 236 g/mol. The lowest BCUT2D eigenvalue weighted by molar-refractivity contribution is -0.133. The van der Waals surface area contributed by atoms with Crippen molar-refractivity contribution in [2.45, 2.75) is 5.16 Å². The fourth-order valence-electron chi connectivity index (χ4n) is 1.17. The molecule has 0 amide bonds. The number of carboxylic acid groups (broad SMARTS) is 1. The zero-order valence-electron chi connectivity index (χ0n) is 7.53. The summed E-state index contributed by atoms with van der Waals surface area (Å²) < 4.78 is 0. The number of nitrogens with one attached hydrogen (secondary N) is 1. The summed E-state index contributed by atoms with van der Waals surface area (Å²) in [6, 6.07) is 5.41. The second-order valence-corrected chi connectivity index (χ2v) is 4.23. The number of aliphatic carboxylic acids is 1. The van der Waals surface area contributed by atoms with E-state index in [1.54, 1.807) is 6.07 Å². The number of imidazole rings is 1. The van der Waals surface area contributed by atoms with Crippen LogP contribution in [0.1, 0.15) is 0 Å². The predicted molar refractivity (Wildman–Crippen MR) is 59.5 cm³/mol. The third-order valence-electron chi connectivity index (χ3n) is 1.77. The van der Waals surface area contributed by atoms with Gasteiger partial charge in [-0.1, -0.05) is 29.4 Å². The molecule has 0 radical (unpaired) electrons. The van der Waals surface area contributed by atoms with Gasteiger partial charge in [-0.2, -0.15) is 0 Å². The van der Waals surface area contributed by atoms with Crippen LogP contribution in [0.2, 0.25) is 5.02 Å². The summed E-state index contributed by atoms with van der Waals surface area (Å²) in [7, 11) is 0. The molecule has 2 N–H and O–H groups in total. The maximum Gasteiger partial charge on any atom is 0.313 e. The van der Waals surface area contributed by atoms with Crippen molar-refractivity contribution in [2.24, 2.45) is 0 Å². The molecule has 0 unspecified atom stereocenters. The molecule has 1 aromatic carbocycles. The minimum Gasteiger partial charge on any atom is -0.481 e. The molecule has 0 bridgehead atoms. The molecule has 6 heteroatoms. The monoisotopic (exact) mass is 242 g/mol. The number of hydrogen-bond donors (Lipinski definition) is 2. The molecule has 0 fully saturated rings. The highest BCUT2D eigenvalue weighted by atomic mass is 35.5.